The molecule has 0 saturated heterocycles. The minimum absolute atomic E-state index is 0. The van der Waals surface area contributed by atoms with E-state index in [4.69, 9.17) is 4.74 Å². The van der Waals surface area contributed by atoms with Crippen molar-refractivity contribution in [2.75, 3.05) is 7.11 Å². The van der Waals surface area contributed by atoms with Crippen LogP contribution in [0.25, 0.3) is 0 Å². The second-order valence-corrected chi connectivity index (χ2v) is 6.08. The van der Waals surface area contributed by atoms with E-state index in [9.17, 15) is 0 Å². The van der Waals surface area contributed by atoms with Gasteiger partial charge in [-0.3, -0.25) is 0 Å². The summed E-state index contributed by atoms with van der Waals surface area (Å²) in [5.41, 5.74) is 0. The second-order valence-electron chi connectivity index (χ2n) is 3.05. The smallest absolute Gasteiger partial charge is 0.357 e. The predicted octanol–water partition coefficient (Wildman–Crippen LogP) is -0.353. The summed E-state index contributed by atoms with van der Waals surface area (Å²) in [5, 5.41) is 0. The Bertz CT molecular complexity index is 412. The van der Waals surface area contributed by atoms with E-state index in [-0.39, 0.29) is 26.7 Å². The van der Waals surface area contributed by atoms with Crippen molar-refractivity contribution >= 4 is 0 Å². The highest BCUT2D eigenvalue weighted by Gasteiger charge is 2.13. The number of rotatable bonds is 3. The Morgan fingerprint density at radius 3 is 1.94 bits per heavy atom. The van der Waals surface area contributed by atoms with Crippen LogP contribution in [0.1, 0.15) is 0 Å². The Kier molecular flexibility index (Phi) is 5.28. The average Bonchev–Trinajstić information content (AvgIpc) is 2.31. The van der Waals surface area contributed by atoms with Gasteiger partial charge in [-0.25, -0.2) is 0 Å². The summed E-state index contributed by atoms with van der Waals surface area (Å²) in [4.78, 5) is 0. The molecule has 1 N–H and O–H groups in total. The van der Waals surface area contributed by atoms with Gasteiger partial charge in [0.2, 0.25) is 0 Å². The lowest BCUT2D eigenvalue weighted by molar-refractivity contribution is -0.597. The fourth-order valence-corrected chi connectivity index (χ4v) is 3.45. The molecule has 0 unspecified atom stereocenters. The summed E-state index contributed by atoms with van der Waals surface area (Å²) in [6.45, 7) is 0. The normalized spacial score (nSPS) is 9.31. The lowest BCUT2D eigenvalue weighted by atomic mass is 10.3. The molecule has 0 fully saturated rings. The zero-order chi connectivity index (χ0) is 10.5. The second kappa shape index (κ2) is 6.50. The van der Waals surface area contributed by atoms with E-state index in [1.165, 1.54) is 7.14 Å². The first-order chi connectivity index (χ1) is 7.38. The van der Waals surface area contributed by atoms with Crippen molar-refractivity contribution in [2.45, 2.75) is 0 Å². The number of hydrogen-bond acceptors (Lipinski definition) is 2. The molecule has 0 aromatic heterocycles. The van der Waals surface area contributed by atoms with Crippen LogP contribution < -0.4 is 25.9 Å². The van der Waals surface area contributed by atoms with E-state index in [2.05, 4.69) is 42.5 Å². The van der Waals surface area contributed by atoms with Gasteiger partial charge < -0.3 is 10.2 Å². The molecule has 2 aromatic rings. The van der Waals surface area contributed by atoms with Crippen LogP contribution in [0.5, 0.6) is 5.75 Å². The maximum atomic E-state index is 5.13. The summed E-state index contributed by atoms with van der Waals surface area (Å²) in [6.07, 6.45) is 0. The molecule has 0 spiro atoms. The Labute approximate surface area is 106 Å². The number of benzene rings is 2. The molecule has 16 heavy (non-hydrogen) atoms. The van der Waals surface area contributed by atoms with E-state index in [1.54, 1.807) is 7.11 Å². The molecule has 0 aliphatic rings. The van der Waals surface area contributed by atoms with Crippen molar-refractivity contribution in [2.24, 2.45) is 0 Å². The van der Waals surface area contributed by atoms with Gasteiger partial charge in [0.25, 0.3) is 0 Å². The standard InChI is InChI=1S/C13H12IO.H2O/c1-15-13-9-7-12(8-10-13)14-11-5-3-2-4-6-11;/h2-10H,1H3;1H2/q+1;/p-1. The Morgan fingerprint density at radius 2 is 1.38 bits per heavy atom. The Morgan fingerprint density at radius 1 is 0.812 bits per heavy atom. The van der Waals surface area contributed by atoms with Gasteiger partial charge in [-0.05, 0) is 36.4 Å². The molecular formula is C13H13IO2. The van der Waals surface area contributed by atoms with Gasteiger partial charge in [-0.2, -0.15) is 0 Å². The molecule has 0 radical (unpaired) electrons. The first-order valence-corrected chi connectivity index (χ1v) is 6.88. The largest absolute Gasteiger partial charge is 0.870 e. The number of methoxy groups -OCH3 is 1. The van der Waals surface area contributed by atoms with Crippen molar-refractivity contribution in [1.82, 2.24) is 0 Å². The van der Waals surface area contributed by atoms with Gasteiger partial charge in [-0.15, -0.1) is 0 Å². The lowest BCUT2D eigenvalue weighted by Crippen LogP contribution is -3.61. The average molecular weight is 328 g/mol. The monoisotopic (exact) mass is 328 g/mol. The maximum Gasteiger partial charge on any atom is 0.357 e. The van der Waals surface area contributed by atoms with Crippen molar-refractivity contribution in [3.8, 4) is 5.75 Å². The van der Waals surface area contributed by atoms with Crippen LogP contribution in [0.3, 0.4) is 0 Å². The zero-order valence-corrected chi connectivity index (χ0v) is 11.1. The topological polar surface area (TPSA) is 39.2 Å². The minimum atomic E-state index is -0.0449. The third-order valence-corrected chi connectivity index (χ3v) is 4.68. The van der Waals surface area contributed by atoms with Crippen LogP contribution >= 0.6 is 0 Å². The zero-order valence-electron chi connectivity index (χ0n) is 8.93. The third kappa shape index (κ3) is 3.50. The fraction of sp³-hybridized carbons (Fsp3) is 0.0769. The van der Waals surface area contributed by atoms with Crippen molar-refractivity contribution in [1.29, 1.82) is 0 Å². The first kappa shape index (κ1) is 13.0. The number of hydrogen-bond donors (Lipinski definition) is 0. The molecule has 0 aliphatic heterocycles. The molecule has 0 heterocycles. The summed E-state index contributed by atoms with van der Waals surface area (Å²) in [6, 6.07) is 19.0. The first-order valence-electron chi connectivity index (χ1n) is 4.72. The molecule has 0 bridgehead atoms. The van der Waals surface area contributed by atoms with Crippen LogP contribution in [-0.2, 0) is 0 Å². The van der Waals surface area contributed by atoms with Crippen molar-refractivity contribution < 1.29 is 31.4 Å². The van der Waals surface area contributed by atoms with E-state index >= 15 is 0 Å². The highest BCUT2D eigenvalue weighted by atomic mass is 127. The van der Waals surface area contributed by atoms with E-state index in [0.717, 1.165) is 5.75 Å². The molecule has 2 aromatic carbocycles. The minimum Gasteiger partial charge on any atom is -0.870 e. The molecule has 0 saturated carbocycles. The molecule has 3 heteroatoms. The van der Waals surface area contributed by atoms with Gasteiger partial charge in [0.1, 0.15) is 5.75 Å². The van der Waals surface area contributed by atoms with Gasteiger partial charge in [-0.1, -0.05) is 18.2 Å². The molecule has 0 aliphatic carbocycles. The van der Waals surface area contributed by atoms with E-state index < -0.39 is 0 Å². The SMILES string of the molecule is COc1ccc([I+]c2ccccc2)cc1.[OH-]. The molecule has 0 amide bonds. The third-order valence-electron chi connectivity index (χ3n) is 2.00. The van der Waals surface area contributed by atoms with Crippen LogP contribution in [0.2, 0.25) is 0 Å². The summed E-state index contributed by atoms with van der Waals surface area (Å²) >= 11 is -0.0449. The molecule has 2 nitrogen and oxygen atoms in total. The predicted molar refractivity (Wildman–Crippen MR) is 58.8 cm³/mol. The summed E-state index contributed by atoms with van der Waals surface area (Å²) < 4.78 is 7.99. The summed E-state index contributed by atoms with van der Waals surface area (Å²) in [7, 11) is 1.70. The Balaban J connectivity index is 0.00000128. The Hall–Kier alpha value is -1.07. The van der Waals surface area contributed by atoms with Crippen molar-refractivity contribution in [3.63, 3.8) is 0 Å². The maximum absolute atomic E-state index is 5.13. The van der Waals surface area contributed by atoms with Gasteiger partial charge in [0.15, 0.2) is 7.14 Å². The van der Waals surface area contributed by atoms with Gasteiger partial charge >= 0.3 is 21.2 Å². The molecule has 84 valence electrons. The highest BCUT2D eigenvalue weighted by molar-refractivity contribution is 5.20. The van der Waals surface area contributed by atoms with Crippen molar-refractivity contribution in [3.05, 3.63) is 61.7 Å². The molecular weight excluding hydrogens is 315 g/mol. The van der Waals surface area contributed by atoms with Crippen LogP contribution in [-0.4, -0.2) is 12.6 Å². The number of ether oxygens (including phenoxy) is 1. The molecule has 0 atom stereocenters. The van der Waals surface area contributed by atoms with Crippen LogP contribution in [0.15, 0.2) is 54.6 Å². The fourth-order valence-electron chi connectivity index (χ4n) is 1.24. The van der Waals surface area contributed by atoms with Gasteiger partial charge in [0, 0.05) is 0 Å². The quantitative estimate of drug-likeness (QED) is 0.723. The molecule has 2 rings (SSSR count). The lowest BCUT2D eigenvalue weighted by Gasteiger charge is -1.95. The van der Waals surface area contributed by atoms with E-state index in [1.807, 2.05) is 12.1 Å². The van der Waals surface area contributed by atoms with Gasteiger partial charge in [0.05, 0.1) is 7.11 Å². The van der Waals surface area contributed by atoms with E-state index in [0.29, 0.717) is 0 Å². The summed E-state index contributed by atoms with van der Waals surface area (Å²) in [5.74, 6) is 0.927. The van der Waals surface area contributed by atoms with Crippen LogP contribution in [0.4, 0.5) is 0 Å². The highest BCUT2D eigenvalue weighted by Crippen LogP contribution is 2.06. The number of halogens is 1. The van der Waals surface area contributed by atoms with Crippen LogP contribution in [0, 0.1) is 7.14 Å².